The van der Waals surface area contributed by atoms with Crippen LogP contribution in [0.25, 0.3) is 0 Å². The molecule has 1 aliphatic carbocycles. The molecular weight excluding hydrogens is 166 g/mol. The minimum absolute atomic E-state index is 0.535. The van der Waals surface area contributed by atoms with Crippen molar-refractivity contribution in [1.82, 2.24) is 4.90 Å². The zero-order chi connectivity index (χ0) is 8.67. The average Bonchev–Trinajstić information content (AvgIpc) is 3.00. The number of nitrogens with zero attached hydrogens (tertiary/aromatic N) is 1. The molecule has 2 aliphatic heterocycles. The van der Waals surface area contributed by atoms with Gasteiger partial charge in [0, 0.05) is 19.6 Å². The summed E-state index contributed by atoms with van der Waals surface area (Å²) in [5, 5.41) is 0. The van der Waals surface area contributed by atoms with Crippen LogP contribution in [0.1, 0.15) is 12.8 Å². The lowest BCUT2D eigenvalue weighted by Crippen LogP contribution is -2.44. The van der Waals surface area contributed by atoms with Gasteiger partial charge in [-0.05, 0) is 18.8 Å². The van der Waals surface area contributed by atoms with Gasteiger partial charge < -0.3 is 9.47 Å². The molecule has 13 heavy (non-hydrogen) atoms. The highest BCUT2D eigenvalue weighted by molar-refractivity contribution is 4.87. The first-order chi connectivity index (χ1) is 6.42. The summed E-state index contributed by atoms with van der Waals surface area (Å²) in [6.45, 7) is 5.28. The second-order valence-electron chi connectivity index (χ2n) is 4.46. The van der Waals surface area contributed by atoms with E-state index < -0.39 is 0 Å². The molecule has 0 radical (unpaired) electrons. The zero-order valence-electron chi connectivity index (χ0n) is 7.95. The van der Waals surface area contributed by atoms with E-state index in [1.807, 2.05) is 0 Å². The van der Waals surface area contributed by atoms with E-state index in [4.69, 9.17) is 9.47 Å². The molecule has 0 bridgehead atoms. The molecule has 2 saturated heterocycles. The minimum Gasteiger partial charge on any atom is -0.375 e. The van der Waals surface area contributed by atoms with Gasteiger partial charge in [0.05, 0.1) is 25.4 Å². The van der Waals surface area contributed by atoms with Crippen LogP contribution in [0.3, 0.4) is 0 Å². The zero-order valence-corrected chi connectivity index (χ0v) is 7.95. The Morgan fingerprint density at radius 1 is 1.23 bits per heavy atom. The van der Waals surface area contributed by atoms with E-state index in [1.54, 1.807) is 0 Å². The van der Waals surface area contributed by atoms with Crippen molar-refractivity contribution in [2.45, 2.75) is 25.0 Å². The SMILES string of the molecule is C1CN(C[C@@H]2CO2)CC(C2CC2)O1. The van der Waals surface area contributed by atoms with Gasteiger partial charge in [-0.25, -0.2) is 0 Å². The van der Waals surface area contributed by atoms with Gasteiger partial charge in [-0.1, -0.05) is 0 Å². The maximum Gasteiger partial charge on any atom is 0.0936 e. The van der Waals surface area contributed by atoms with Gasteiger partial charge in [0.15, 0.2) is 0 Å². The van der Waals surface area contributed by atoms with Crippen molar-refractivity contribution in [3.05, 3.63) is 0 Å². The van der Waals surface area contributed by atoms with E-state index >= 15 is 0 Å². The Hall–Kier alpha value is -0.120. The lowest BCUT2D eigenvalue weighted by atomic mass is 10.2. The van der Waals surface area contributed by atoms with Crippen LogP contribution >= 0.6 is 0 Å². The second-order valence-corrected chi connectivity index (χ2v) is 4.46. The monoisotopic (exact) mass is 183 g/mol. The van der Waals surface area contributed by atoms with Crippen molar-refractivity contribution >= 4 is 0 Å². The Bertz CT molecular complexity index is 189. The number of morpholine rings is 1. The van der Waals surface area contributed by atoms with Crippen molar-refractivity contribution in [2.24, 2.45) is 5.92 Å². The van der Waals surface area contributed by atoms with Crippen LogP contribution in [0.2, 0.25) is 0 Å². The van der Waals surface area contributed by atoms with Gasteiger partial charge in [-0.15, -0.1) is 0 Å². The van der Waals surface area contributed by atoms with E-state index in [9.17, 15) is 0 Å². The first-order valence-corrected chi connectivity index (χ1v) is 5.37. The third-order valence-corrected chi connectivity index (χ3v) is 3.19. The first kappa shape index (κ1) is 8.21. The number of ether oxygens (including phenoxy) is 2. The Balaban J connectivity index is 1.50. The Morgan fingerprint density at radius 3 is 2.77 bits per heavy atom. The van der Waals surface area contributed by atoms with Crippen LogP contribution < -0.4 is 0 Å². The molecule has 3 aliphatic rings. The molecule has 2 heterocycles. The highest BCUT2D eigenvalue weighted by Crippen LogP contribution is 2.35. The van der Waals surface area contributed by atoms with Crippen LogP contribution in [0.5, 0.6) is 0 Å². The van der Waals surface area contributed by atoms with Gasteiger partial charge in [-0.2, -0.15) is 0 Å². The summed E-state index contributed by atoms with van der Waals surface area (Å²) in [5.41, 5.74) is 0. The fourth-order valence-corrected chi connectivity index (χ4v) is 2.11. The molecule has 3 fully saturated rings. The maximum absolute atomic E-state index is 5.75. The quantitative estimate of drug-likeness (QED) is 0.596. The van der Waals surface area contributed by atoms with E-state index in [2.05, 4.69) is 4.90 Å². The van der Waals surface area contributed by atoms with E-state index in [-0.39, 0.29) is 0 Å². The van der Waals surface area contributed by atoms with Gasteiger partial charge in [0.1, 0.15) is 0 Å². The van der Waals surface area contributed by atoms with Gasteiger partial charge >= 0.3 is 0 Å². The third kappa shape index (κ3) is 2.03. The molecule has 2 atom stereocenters. The van der Waals surface area contributed by atoms with E-state index in [0.717, 1.165) is 38.8 Å². The van der Waals surface area contributed by atoms with Crippen LogP contribution in [-0.2, 0) is 9.47 Å². The topological polar surface area (TPSA) is 25.0 Å². The summed E-state index contributed by atoms with van der Waals surface area (Å²) in [4.78, 5) is 2.50. The van der Waals surface area contributed by atoms with Gasteiger partial charge in [-0.3, -0.25) is 4.90 Å². The van der Waals surface area contributed by atoms with Crippen molar-refractivity contribution < 1.29 is 9.47 Å². The van der Waals surface area contributed by atoms with E-state index in [0.29, 0.717) is 12.2 Å². The molecule has 3 nitrogen and oxygen atoms in total. The molecule has 0 spiro atoms. The average molecular weight is 183 g/mol. The highest BCUT2D eigenvalue weighted by Gasteiger charge is 2.36. The Morgan fingerprint density at radius 2 is 2.08 bits per heavy atom. The minimum atomic E-state index is 0.535. The smallest absolute Gasteiger partial charge is 0.0936 e. The molecular formula is C10H17NO2. The van der Waals surface area contributed by atoms with Gasteiger partial charge in [0.2, 0.25) is 0 Å². The van der Waals surface area contributed by atoms with Crippen molar-refractivity contribution in [3.63, 3.8) is 0 Å². The molecule has 1 unspecified atom stereocenters. The molecule has 0 aromatic rings. The van der Waals surface area contributed by atoms with Gasteiger partial charge in [0.25, 0.3) is 0 Å². The Kier molecular flexibility index (Phi) is 2.04. The second kappa shape index (κ2) is 3.23. The molecule has 1 saturated carbocycles. The summed E-state index contributed by atoms with van der Waals surface area (Å²) in [6, 6.07) is 0. The number of hydrogen-bond donors (Lipinski definition) is 0. The predicted molar refractivity (Wildman–Crippen MR) is 48.6 cm³/mol. The maximum atomic E-state index is 5.75. The van der Waals surface area contributed by atoms with Crippen molar-refractivity contribution in [3.8, 4) is 0 Å². The standard InChI is InChI=1S/C10H17NO2/c1-2-8(1)10-6-11(3-4-12-10)5-9-7-13-9/h8-10H,1-7H2/t9-,10?/m1/s1. The molecule has 0 aromatic carbocycles. The molecule has 0 amide bonds. The molecule has 0 N–H and O–H groups in total. The molecule has 3 rings (SSSR count). The molecule has 3 heteroatoms. The Labute approximate surface area is 79.0 Å². The molecule has 0 aromatic heterocycles. The summed E-state index contributed by atoms with van der Waals surface area (Å²) in [6.07, 6.45) is 3.85. The fraction of sp³-hybridized carbons (Fsp3) is 1.00. The van der Waals surface area contributed by atoms with Crippen LogP contribution in [0, 0.1) is 5.92 Å². The van der Waals surface area contributed by atoms with Crippen LogP contribution in [-0.4, -0.2) is 50.0 Å². The van der Waals surface area contributed by atoms with Crippen LogP contribution in [0.4, 0.5) is 0 Å². The summed E-state index contributed by atoms with van der Waals surface area (Å²) in [7, 11) is 0. The molecule has 74 valence electrons. The lowest BCUT2D eigenvalue weighted by Gasteiger charge is -2.32. The van der Waals surface area contributed by atoms with Crippen molar-refractivity contribution in [1.29, 1.82) is 0 Å². The fourth-order valence-electron chi connectivity index (χ4n) is 2.11. The van der Waals surface area contributed by atoms with E-state index in [1.165, 1.54) is 12.8 Å². The number of rotatable bonds is 3. The normalized spacial score (nSPS) is 40.6. The number of hydrogen-bond acceptors (Lipinski definition) is 3. The summed E-state index contributed by atoms with van der Waals surface area (Å²) in [5.74, 6) is 0.878. The largest absolute Gasteiger partial charge is 0.375 e. The lowest BCUT2D eigenvalue weighted by molar-refractivity contribution is -0.0405. The first-order valence-electron chi connectivity index (χ1n) is 5.37. The predicted octanol–water partition coefficient (Wildman–Crippen LogP) is 0.496. The summed E-state index contributed by atoms with van der Waals surface area (Å²) < 4.78 is 11.0. The third-order valence-electron chi connectivity index (χ3n) is 3.19. The van der Waals surface area contributed by atoms with Crippen molar-refractivity contribution in [2.75, 3.05) is 32.8 Å². The highest BCUT2D eigenvalue weighted by atomic mass is 16.6. The van der Waals surface area contributed by atoms with Crippen LogP contribution in [0.15, 0.2) is 0 Å². The summed E-state index contributed by atoms with van der Waals surface area (Å²) >= 11 is 0. The number of epoxide rings is 1.